The van der Waals surface area contributed by atoms with Crippen LogP contribution in [-0.2, 0) is 9.84 Å². The Morgan fingerprint density at radius 3 is 2.53 bits per heavy atom. The van der Waals surface area contributed by atoms with E-state index in [4.69, 9.17) is 5.73 Å². The quantitative estimate of drug-likeness (QED) is 0.790. The summed E-state index contributed by atoms with van der Waals surface area (Å²) in [6.45, 7) is 1.98. The maximum Gasteiger partial charge on any atom is 0.154 e. The monoisotopic (exact) mass is 231 g/mol. The van der Waals surface area contributed by atoms with Gasteiger partial charge in [-0.15, -0.1) is 0 Å². The molecule has 4 unspecified atom stereocenters. The molecule has 4 heteroatoms. The zero-order valence-electron chi connectivity index (χ0n) is 9.35. The summed E-state index contributed by atoms with van der Waals surface area (Å²) in [5, 5.41) is -0.364. The standard InChI is InChI=1S/C11H21NO2S/c1-8(6-12)15(13,14)7-11-5-9-2-3-10(11)4-9/h8-11H,2-7,12H2,1H3. The fourth-order valence-corrected chi connectivity index (χ4v) is 4.82. The first-order valence-corrected chi connectivity index (χ1v) is 7.66. The summed E-state index contributed by atoms with van der Waals surface area (Å²) in [4.78, 5) is 0. The number of hydrogen-bond donors (Lipinski definition) is 1. The second-order valence-corrected chi connectivity index (χ2v) is 7.77. The third-order valence-electron chi connectivity index (χ3n) is 4.28. The molecule has 3 nitrogen and oxygen atoms in total. The Hall–Kier alpha value is -0.0900. The van der Waals surface area contributed by atoms with Crippen LogP contribution in [0.4, 0.5) is 0 Å². The van der Waals surface area contributed by atoms with Crippen molar-refractivity contribution in [3.8, 4) is 0 Å². The van der Waals surface area contributed by atoms with Gasteiger partial charge in [0.05, 0.1) is 11.0 Å². The van der Waals surface area contributed by atoms with E-state index in [0.717, 1.165) is 12.3 Å². The molecule has 0 amide bonds. The fourth-order valence-electron chi connectivity index (χ4n) is 3.19. The van der Waals surface area contributed by atoms with Crippen LogP contribution in [0.5, 0.6) is 0 Å². The first-order valence-electron chi connectivity index (χ1n) is 5.94. The van der Waals surface area contributed by atoms with Crippen LogP contribution >= 0.6 is 0 Å². The van der Waals surface area contributed by atoms with Gasteiger partial charge in [-0.1, -0.05) is 6.42 Å². The van der Waals surface area contributed by atoms with Crippen molar-refractivity contribution in [3.05, 3.63) is 0 Å². The highest BCUT2D eigenvalue weighted by atomic mass is 32.2. The van der Waals surface area contributed by atoms with E-state index in [1.54, 1.807) is 6.92 Å². The van der Waals surface area contributed by atoms with E-state index in [0.29, 0.717) is 17.6 Å². The molecule has 2 N–H and O–H groups in total. The molecule has 4 atom stereocenters. The molecule has 0 aromatic heterocycles. The van der Waals surface area contributed by atoms with Crippen molar-refractivity contribution in [1.82, 2.24) is 0 Å². The average Bonchev–Trinajstić information content (AvgIpc) is 2.77. The smallest absolute Gasteiger partial charge is 0.154 e. The number of hydrogen-bond acceptors (Lipinski definition) is 3. The fraction of sp³-hybridized carbons (Fsp3) is 1.00. The van der Waals surface area contributed by atoms with Gasteiger partial charge < -0.3 is 5.73 Å². The second kappa shape index (κ2) is 4.06. The van der Waals surface area contributed by atoms with Gasteiger partial charge in [-0.2, -0.15) is 0 Å². The van der Waals surface area contributed by atoms with Gasteiger partial charge >= 0.3 is 0 Å². The van der Waals surface area contributed by atoms with Crippen molar-refractivity contribution in [2.45, 2.75) is 37.9 Å². The zero-order valence-corrected chi connectivity index (χ0v) is 10.2. The largest absolute Gasteiger partial charge is 0.329 e. The Morgan fingerprint density at radius 1 is 1.33 bits per heavy atom. The molecule has 0 radical (unpaired) electrons. The maximum absolute atomic E-state index is 11.9. The van der Waals surface area contributed by atoms with Gasteiger partial charge in [0, 0.05) is 6.54 Å². The van der Waals surface area contributed by atoms with Crippen LogP contribution in [0, 0.1) is 17.8 Å². The molecule has 2 bridgehead atoms. The molecule has 2 saturated carbocycles. The van der Waals surface area contributed by atoms with Gasteiger partial charge in [0.1, 0.15) is 0 Å². The zero-order chi connectivity index (χ0) is 11.1. The molecule has 0 heterocycles. The van der Waals surface area contributed by atoms with Crippen molar-refractivity contribution in [2.75, 3.05) is 12.3 Å². The lowest BCUT2D eigenvalue weighted by atomic mass is 9.90. The summed E-state index contributed by atoms with van der Waals surface area (Å²) < 4.78 is 23.8. The number of rotatable bonds is 4. The Morgan fingerprint density at radius 2 is 2.07 bits per heavy atom. The molecule has 88 valence electrons. The molecule has 2 aliphatic carbocycles. The van der Waals surface area contributed by atoms with Crippen LogP contribution in [0.25, 0.3) is 0 Å². The Labute approximate surface area is 92.3 Å². The van der Waals surface area contributed by atoms with Crippen LogP contribution in [0.15, 0.2) is 0 Å². The van der Waals surface area contributed by atoms with Gasteiger partial charge in [0.25, 0.3) is 0 Å². The average molecular weight is 231 g/mol. The first kappa shape index (κ1) is 11.4. The third-order valence-corrected chi connectivity index (χ3v) is 6.59. The molecule has 0 saturated heterocycles. The van der Waals surface area contributed by atoms with E-state index < -0.39 is 9.84 Å². The lowest BCUT2D eigenvalue weighted by molar-refractivity contribution is 0.359. The lowest BCUT2D eigenvalue weighted by Gasteiger charge is -2.22. The van der Waals surface area contributed by atoms with E-state index >= 15 is 0 Å². The predicted molar refractivity (Wildman–Crippen MR) is 61.2 cm³/mol. The molecule has 2 aliphatic rings. The lowest BCUT2D eigenvalue weighted by Crippen LogP contribution is -2.32. The molecular formula is C11H21NO2S. The van der Waals surface area contributed by atoms with Crippen LogP contribution in [-0.4, -0.2) is 26.0 Å². The third kappa shape index (κ3) is 2.21. The van der Waals surface area contributed by atoms with Gasteiger partial charge in [0.2, 0.25) is 0 Å². The number of sulfone groups is 1. The normalized spacial score (nSPS) is 37.1. The highest BCUT2D eigenvalue weighted by molar-refractivity contribution is 7.92. The van der Waals surface area contributed by atoms with Crippen LogP contribution < -0.4 is 5.73 Å². The molecule has 0 spiro atoms. The number of fused-ring (bicyclic) bond motifs is 2. The predicted octanol–water partition coefficient (Wildman–Crippen LogP) is 1.18. The van der Waals surface area contributed by atoms with E-state index in [9.17, 15) is 8.42 Å². The Bertz CT molecular complexity index is 325. The minimum absolute atomic E-state index is 0.253. The topological polar surface area (TPSA) is 60.2 Å². The molecular weight excluding hydrogens is 210 g/mol. The van der Waals surface area contributed by atoms with Crippen molar-refractivity contribution in [1.29, 1.82) is 0 Å². The maximum atomic E-state index is 11.9. The summed E-state index contributed by atoms with van der Waals surface area (Å²) in [6.07, 6.45) is 4.99. The van der Waals surface area contributed by atoms with E-state index in [1.807, 2.05) is 0 Å². The summed E-state index contributed by atoms with van der Waals surface area (Å²) in [5.74, 6) is 2.33. The minimum Gasteiger partial charge on any atom is -0.329 e. The highest BCUT2D eigenvalue weighted by Gasteiger charge is 2.41. The van der Waals surface area contributed by atoms with E-state index in [-0.39, 0.29) is 11.8 Å². The summed E-state index contributed by atoms with van der Waals surface area (Å²) in [7, 11) is -2.94. The van der Waals surface area contributed by atoms with Gasteiger partial charge in [0.15, 0.2) is 9.84 Å². The summed E-state index contributed by atoms with van der Waals surface area (Å²) in [5.41, 5.74) is 5.43. The molecule has 2 rings (SSSR count). The molecule has 0 aromatic carbocycles. The van der Waals surface area contributed by atoms with Crippen molar-refractivity contribution < 1.29 is 8.42 Å². The SMILES string of the molecule is CC(CN)S(=O)(=O)CC1CC2CCC1C2. The molecule has 0 aliphatic heterocycles. The highest BCUT2D eigenvalue weighted by Crippen LogP contribution is 2.48. The van der Waals surface area contributed by atoms with Gasteiger partial charge in [-0.05, 0) is 43.9 Å². The van der Waals surface area contributed by atoms with Crippen LogP contribution in [0.1, 0.15) is 32.6 Å². The van der Waals surface area contributed by atoms with Crippen molar-refractivity contribution >= 4 is 9.84 Å². The molecule has 0 aromatic rings. The summed E-state index contributed by atoms with van der Waals surface area (Å²) in [6, 6.07) is 0. The van der Waals surface area contributed by atoms with Crippen LogP contribution in [0.3, 0.4) is 0 Å². The second-order valence-electron chi connectivity index (χ2n) is 5.31. The minimum atomic E-state index is -2.94. The first-order chi connectivity index (χ1) is 7.03. The number of nitrogens with two attached hydrogens (primary N) is 1. The van der Waals surface area contributed by atoms with Gasteiger partial charge in [-0.25, -0.2) is 8.42 Å². The Balaban J connectivity index is 1.98. The van der Waals surface area contributed by atoms with Crippen molar-refractivity contribution in [2.24, 2.45) is 23.5 Å². The molecule has 2 fully saturated rings. The summed E-state index contributed by atoms with van der Waals surface area (Å²) >= 11 is 0. The van der Waals surface area contributed by atoms with E-state index in [2.05, 4.69) is 0 Å². The van der Waals surface area contributed by atoms with Crippen molar-refractivity contribution in [3.63, 3.8) is 0 Å². The van der Waals surface area contributed by atoms with Crippen LogP contribution in [0.2, 0.25) is 0 Å². The Kier molecular flexibility index (Phi) is 3.08. The molecule has 15 heavy (non-hydrogen) atoms. The van der Waals surface area contributed by atoms with E-state index in [1.165, 1.54) is 19.3 Å². The van der Waals surface area contributed by atoms with Gasteiger partial charge in [-0.3, -0.25) is 0 Å².